The Morgan fingerprint density at radius 3 is 2.57 bits per heavy atom. The molecule has 0 unspecified atom stereocenters. The van der Waals surface area contributed by atoms with Crippen molar-refractivity contribution in [2.45, 2.75) is 38.7 Å². The summed E-state index contributed by atoms with van der Waals surface area (Å²) in [6, 6.07) is 5.07. The molecular formula is C16H21NO4. The quantitative estimate of drug-likeness (QED) is 0.873. The molecule has 5 nitrogen and oxygen atoms in total. The average Bonchev–Trinajstić information content (AvgIpc) is 2.98. The summed E-state index contributed by atoms with van der Waals surface area (Å²) in [5, 5.41) is 2.56. The van der Waals surface area contributed by atoms with E-state index in [0.717, 1.165) is 12.8 Å². The lowest BCUT2D eigenvalue weighted by molar-refractivity contribution is -0.116. The minimum Gasteiger partial charge on any atom is -0.493 e. The fourth-order valence-corrected chi connectivity index (χ4v) is 2.40. The van der Waals surface area contributed by atoms with Gasteiger partial charge in [0.15, 0.2) is 11.5 Å². The van der Waals surface area contributed by atoms with E-state index in [9.17, 15) is 9.59 Å². The van der Waals surface area contributed by atoms with Crippen molar-refractivity contribution in [2.75, 3.05) is 13.7 Å². The maximum Gasteiger partial charge on any atom is 0.251 e. The molecule has 0 saturated heterocycles. The van der Waals surface area contributed by atoms with Crippen LogP contribution in [-0.4, -0.2) is 31.4 Å². The molecular weight excluding hydrogens is 270 g/mol. The lowest BCUT2D eigenvalue weighted by atomic mass is 10.2. The first-order valence-electron chi connectivity index (χ1n) is 7.22. The fourth-order valence-electron chi connectivity index (χ4n) is 2.40. The van der Waals surface area contributed by atoms with Gasteiger partial charge in [0.1, 0.15) is 5.78 Å². The van der Waals surface area contributed by atoms with Crippen LogP contribution in [0.5, 0.6) is 11.5 Å². The van der Waals surface area contributed by atoms with Crippen LogP contribution in [0.3, 0.4) is 0 Å². The van der Waals surface area contributed by atoms with Crippen molar-refractivity contribution in [2.24, 2.45) is 0 Å². The first kappa shape index (κ1) is 15.4. The second-order valence-electron chi connectivity index (χ2n) is 5.27. The van der Waals surface area contributed by atoms with Crippen molar-refractivity contribution in [3.8, 4) is 11.5 Å². The Morgan fingerprint density at radius 2 is 1.95 bits per heavy atom. The Bertz CT molecular complexity index is 521. The van der Waals surface area contributed by atoms with Gasteiger partial charge in [-0.15, -0.1) is 0 Å². The molecule has 0 atom stereocenters. The summed E-state index contributed by atoms with van der Waals surface area (Å²) >= 11 is 0. The van der Waals surface area contributed by atoms with Gasteiger partial charge in [0, 0.05) is 5.56 Å². The van der Waals surface area contributed by atoms with Crippen molar-refractivity contribution in [3.05, 3.63) is 23.8 Å². The van der Waals surface area contributed by atoms with E-state index in [1.165, 1.54) is 19.8 Å². The van der Waals surface area contributed by atoms with E-state index in [2.05, 4.69) is 5.32 Å². The molecule has 0 bridgehead atoms. The van der Waals surface area contributed by atoms with Crippen molar-refractivity contribution in [3.63, 3.8) is 0 Å². The third kappa shape index (κ3) is 4.21. The SMILES string of the molecule is COc1cc(C(=O)NCC(C)=O)ccc1OC1CCCC1. The molecule has 21 heavy (non-hydrogen) atoms. The van der Waals surface area contributed by atoms with Gasteiger partial charge < -0.3 is 14.8 Å². The Labute approximate surface area is 124 Å². The van der Waals surface area contributed by atoms with Crippen LogP contribution in [0.25, 0.3) is 0 Å². The number of ketones is 1. The standard InChI is InChI=1S/C16H21NO4/c1-11(18)10-17-16(19)12-7-8-14(15(9-12)20-2)21-13-5-3-4-6-13/h7-9,13H,3-6,10H2,1-2H3,(H,17,19). The Balaban J connectivity index is 2.07. The molecule has 1 aliphatic carbocycles. The van der Waals surface area contributed by atoms with E-state index < -0.39 is 0 Å². The van der Waals surface area contributed by atoms with Gasteiger partial charge in [-0.3, -0.25) is 9.59 Å². The zero-order chi connectivity index (χ0) is 15.2. The number of benzene rings is 1. The number of rotatable bonds is 6. The minimum atomic E-state index is -0.295. The third-order valence-electron chi connectivity index (χ3n) is 3.52. The van der Waals surface area contributed by atoms with Crippen LogP contribution in [0.2, 0.25) is 0 Å². The van der Waals surface area contributed by atoms with Crippen molar-refractivity contribution in [1.82, 2.24) is 5.32 Å². The molecule has 1 aromatic rings. The van der Waals surface area contributed by atoms with Crippen LogP contribution in [0.4, 0.5) is 0 Å². The number of Topliss-reactive ketones (excluding diaryl/α,β-unsaturated/α-hetero) is 1. The van der Waals surface area contributed by atoms with Gasteiger partial charge in [-0.05, 0) is 50.8 Å². The van der Waals surface area contributed by atoms with Gasteiger partial charge in [-0.25, -0.2) is 0 Å². The average molecular weight is 291 g/mol. The largest absolute Gasteiger partial charge is 0.493 e. The Morgan fingerprint density at radius 1 is 1.24 bits per heavy atom. The zero-order valence-corrected chi connectivity index (χ0v) is 12.5. The number of carbonyl (C=O) groups is 2. The highest BCUT2D eigenvalue weighted by atomic mass is 16.5. The molecule has 1 N–H and O–H groups in total. The van der Waals surface area contributed by atoms with E-state index in [4.69, 9.17) is 9.47 Å². The monoisotopic (exact) mass is 291 g/mol. The molecule has 2 rings (SSSR count). The molecule has 114 valence electrons. The van der Waals surface area contributed by atoms with E-state index >= 15 is 0 Å². The maximum absolute atomic E-state index is 11.9. The summed E-state index contributed by atoms with van der Waals surface area (Å²) in [7, 11) is 1.55. The van der Waals surface area contributed by atoms with E-state index in [0.29, 0.717) is 17.1 Å². The summed E-state index contributed by atoms with van der Waals surface area (Å²) in [6.45, 7) is 1.46. The van der Waals surface area contributed by atoms with Gasteiger partial charge in [-0.2, -0.15) is 0 Å². The maximum atomic E-state index is 11.9. The van der Waals surface area contributed by atoms with Crippen molar-refractivity contribution < 1.29 is 19.1 Å². The molecule has 1 amide bonds. The van der Waals surface area contributed by atoms with Crippen LogP contribution in [0.15, 0.2) is 18.2 Å². The molecule has 1 saturated carbocycles. The molecule has 0 spiro atoms. The Kier molecular flexibility index (Phi) is 5.20. The van der Waals surface area contributed by atoms with Crippen LogP contribution >= 0.6 is 0 Å². The summed E-state index contributed by atoms with van der Waals surface area (Å²) in [6.07, 6.45) is 4.74. The highest BCUT2D eigenvalue weighted by molar-refractivity contribution is 5.97. The van der Waals surface area contributed by atoms with Crippen LogP contribution in [-0.2, 0) is 4.79 Å². The normalized spacial score (nSPS) is 14.8. The molecule has 0 aliphatic heterocycles. The molecule has 5 heteroatoms. The van der Waals surface area contributed by atoms with Crippen molar-refractivity contribution in [1.29, 1.82) is 0 Å². The number of hydrogen-bond donors (Lipinski definition) is 1. The van der Waals surface area contributed by atoms with Gasteiger partial charge in [0.2, 0.25) is 0 Å². The Hall–Kier alpha value is -2.04. The number of ether oxygens (including phenoxy) is 2. The summed E-state index contributed by atoms with van der Waals surface area (Å²) in [5.74, 6) is 0.817. The van der Waals surface area contributed by atoms with Gasteiger partial charge in [0.25, 0.3) is 5.91 Å². The first-order valence-corrected chi connectivity index (χ1v) is 7.22. The second kappa shape index (κ2) is 7.11. The van der Waals surface area contributed by atoms with Crippen molar-refractivity contribution >= 4 is 11.7 Å². The summed E-state index contributed by atoms with van der Waals surface area (Å²) in [4.78, 5) is 22.8. The van der Waals surface area contributed by atoms with E-state index in [1.807, 2.05) is 0 Å². The number of nitrogens with one attached hydrogen (secondary N) is 1. The van der Waals surface area contributed by atoms with Crippen LogP contribution in [0, 0.1) is 0 Å². The molecule has 0 aromatic heterocycles. The minimum absolute atomic E-state index is 0.0292. The molecule has 1 aromatic carbocycles. The number of methoxy groups -OCH3 is 1. The lowest BCUT2D eigenvalue weighted by Gasteiger charge is -2.16. The molecule has 1 aliphatic rings. The lowest BCUT2D eigenvalue weighted by Crippen LogP contribution is -2.28. The second-order valence-corrected chi connectivity index (χ2v) is 5.27. The molecule has 0 heterocycles. The van der Waals surface area contributed by atoms with Gasteiger partial charge in [0.05, 0.1) is 19.8 Å². The van der Waals surface area contributed by atoms with Crippen LogP contribution in [0.1, 0.15) is 43.0 Å². The highest BCUT2D eigenvalue weighted by Gasteiger charge is 2.19. The number of carbonyl (C=O) groups excluding carboxylic acids is 2. The van der Waals surface area contributed by atoms with Gasteiger partial charge in [-0.1, -0.05) is 0 Å². The molecule has 1 fully saturated rings. The highest BCUT2D eigenvalue weighted by Crippen LogP contribution is 2.32. The smallest absolute Gasteiger partial charge is 0.251 e. The predicted octanol–water partition coefficient (Wildman–Crippen LogP) is 2.34. The number of amides is 1. The van der Waals surface area contributed by atoms with E-state index in [1.54, 1.807) is 25.3 Å². The topological polar surface area (TPSA) is 64.6 Å². The first-order chi connectivity index (χ1) is 10.1. The van der Waals surface area contributed by atoms with Gasteiger partial charge >= 0.3 is 0 Å². The number of hydrogen-bond acceptors (Lipinski definition) is 4. The van der Waals surface area contributed by atoms with Crippen LogP contribution < -0.4 is 14.8 Å². The molecule has 0 radical (unpaired) electrons. The summed E-state index contributed by atoms with van der Waals surface area (Å²) in [5.41, 5.74) is 0.451. The third-order valence-corrected chi connectivity index (χ3v) is 3.52. The fraction of sp³-hybridized carbons (Fsp3) is 0.500. The predicted molar refractivity (Wildman–Crippen MR) is 78.9 cm³/mol. The zero-order valence-electron chi connectivity index (χ0n) is 12.5. The summed E-state index contributed by atoms with van der Waals surface area (Å²) < 4.78 is 11.2. The van der Waals surface area contributed by atoms with E-state index in [-0.39, 0.29) is 24.3 Å².